The van der Waals surface area contributed by atoms with Crippen LogP contribution in [0.15, 0.2) is 18.2 Å². The molecule has 0 saturated carbocycles. The second-order valence-electron chi connectivity index (χ2n) is 5.54. The molecule has 5 heteroatoms. The van der Waals surface area contributed by atoms with Gasteiger partial charge >= 0.3 is 0 Å². The molecule has 0 aromatic heterocycles. The number of hydrogen-bond donors (Lipinski definition) is 0. The molecule has 1 aliphatic rings. The van der Waals surface area contributed by atoms with E-state index in [-0.39, 0.29) is 22.5 Å². The molecule has 106 valence electrons. The fraction of sp³-hybridized carbons (Fsp3) is 0.571. The Morgan fingerprint density at radius 2 is 2.21 bits per heavy atom. The lowest BCUT2D eigenvalue weighted by Gasteiger charge is -2.42. The first kappa shape index (κ1) is 15.0. The van der Waals surface area contributed by atoms with Gasteiger partial charge in [-0.15, -0.1) is 11.6 Å². The van der Waals surface area contributed by atoms with Crippen molar-refractivity contribution in [1.29, 1.82) is 0 Å². The summed E-state index contributed by atoms with van der Waals surface area (Å²) in [6.07, 6.45) is -0.00208. The normalized spacial score (nSPS) is 23.5. The summed E-state index contributed by atoms with van der Waals surface area (Å²) in [5.41, 5.74) is 0.546. The molecule has 2 nitrogen and oxygen atoms in total. The minimum atomic E-state index is -0.374. The standard InChI is InChI=1S/C14H18Cl2FNO/c1-14(2)9-18(8-11(6-15)19-14)7-10-4-3-5-12(17)13(10)16/h3-5,11H,6-9H2,1-2H3. The highest BCUT2D eigenvalue weighted by Crippen LogP contribution is 2.26. The van der Waals surface area contributed by atoms with Gasteiger partial charge in [0.1, 0.15) is 5.82 Å². The van der Waals surface area contributed by atoms with Crippen LogP contribution in [-0.2, 0) is 11.3 Å². The molecule has 1 fully saturated rings. The maximum Gasteiger partial charge on any atom is 0.142 e. The quantitative estimate of drug-likeness (QED) is 0.790. The minimum Gasteiger partial charge on any atom is -0.368 e. The predicted molar refractivity (Wildman–Crippen MR) is 76.4 cm³/mol. The third-order valence-corrected chi connectivity index (χ3v) is 3.92. The summed E-state index contributed by atoms with van der Waals surface area (Å²) in [7, 11) is 0. The Morgan fingerprint density at radius 3 is 2.89 bits per heavy atom. The molecule has 1 aromatic carbocycles. The monoisotopic (exact) mass is 305 g/mol. The van der Waals surface area contributed by atoms with Crippen LogP contribution in [0.4, 0.5) is 4.39 Å². The van der Waals surface area contributed by atoms with E-state index >= 15 is 0 Å². The lowest BCUT2D eigenvalue weighted by Crippen LogP contribution is -2.52. The first-order valence-corrected chi connectivity index (χ1v) is 7.21. The predicted octanol–water partition coefficient (Wildman–Crippen LogP) is 3.70. The summed E-state index contributed by atoms with van der Waals surface area (Å²) in [6.45, 7) is 6.18. The number of nitrogens with zero attached hydrogens (tertiary/aromatic N) is 1. The minimum absolute atomic E-state index is 0.00208. The van der Waals surface area contributed by atoms with E-state index in [1.165, 1.54) is 6.07 Å². The third kappa shape index (κ3) is 3.82. The van der Waals surface area contributed by atoms with Gasteiger partial charge in [-0.2, -0.15) is 0 Å². The van der Waals surface area contributed by atoms with Crippen LogP contribution < -0.4 is 0 Å². The van der Waals surface area contributed by atoms with Crippen LogP contribution in [0.25, 0.3) is 0 Å². The molecular formula is C14H18Cl2FNO. The highest BCUT2D eigenvalue weighted by Gasteiger charge is 2.33. The first-order valence-electron chi connectivity index (χ1n) is 6.30. The van der Waals surface area contributed by atoms with Crippen LogP contribution in [0.3, 0.4) is 0 Å². The van der Waals surface area contributed by atoms with E-state index in [2.05, 4.69) is 4.90 Å². The van der Waals surface area contributed by atoms with Crippen molar-refractivity contribution in [2.45, 2.75) is 32.1 Å². The molecule has 0 aliphatic carbocycles. The fourth-order valence-corrected chi connectivity index (χ4v) is 2.88. The van der Waals surface area contributed by atoms with Gasteiger partial charge < -0.3 is 4.74 Å². The van der Waals surface area contributed by atoms with Gasteiger partial charge in [-0.25, -0.2) is 4.39 Å². The number of ether oxygens (including phenoxy) is 1. The lowest BCUT2D eigenvalue weighted by atomic mass is 10.0. The largest absolute Gasteiger partial charge is 0.368 e. The summed E-state index contributed by atoms with van der Waals surface area (Å²) in [6, 6.07) is 4.90. The second kappa shape index (κ2) is 5.96. The Hall–Kier alpha value is -0.350. The smallest absolute Gasteiger partial charge is 0.142 e. The average molecular weight is 306 g/mol. The highest BCUT2D eigenvalue weighted by atomic mass is 35.5. The maximum absolute atomic E-state index is 13.4. The molecule has 1 aliphatic heterocycles. The first-order chi connectivity index (χ1) is 8.91. The molecule has 1 aromatic rings. The molecule has 0 amide bonds. The van der Waals surface area contributed by atoms with E-state index in [1.807, 2.05) is 19.9 Å². The van der Waals surface area contributed by atoms with Crippen molar-refractivity contribution in [1.82, 2.24) is 4.90 Å². The Labute approximate surface area is 123 Å². The molecule has 0 spiro atoms. The van der Waals surface area contributed by atoms with E-state index in [0.717, 1.165) is 18.7 Å². The number of morpholine rings is 1. The molecule has 19 heavy (non-hydrogen) atoms. The van der Waals surface area contributed by atoms with Crippen LogP contribution >= 0.6 is 23.2 Å². The zero-order chi connectivity index (χ0) is 14.0. The second-order valence-corrected chi connectivity index (χ2v) is 6.22. The van der Waals surface area contributed by atoms with E-state index in [0.29, 0.717) is 12.4 Å². The number of benzene rings is 1. The van der Waals surface area contributed by atoms with Crippen LogP contribution in [0.5, 0.6) is 0 Å². The van der Waals surface area contributed by atoms with Crippen molar-refractivity contribution in [3.8, 4) is 0 Å². The molecule has 1 unspecified atom stereocenters. The van der Waals surface area contributed by atoms with E-state index in [4.69, 9.17) is 27.9 Å². The zero-order valence-electron chi connectivity index (χ0n) is 11.1. The molecule has 1 atom stereocenters. The average Bonchev–Trinajstić information content (AvgIpc) is 2.33. The number of halogens is 3. The molecule has 0 N–H and O–H groups in total. The molecular weight excluding hydrogens is 288 g/mol. The highest BCUT2D eigenvalue weighted by molar-refractivity contribution is 6.31. The third-order valence-electron chi connectivity index (χ3n) is 3.15. The van der Waals surface area contributed by atoms with Gasteiger partial charge in [-0.05, 0) is 25.5 Å². The van der Waals surface area contributed by atoms with Gasteiger partial charge in [0.15, 0.2) is 0 Å². The van der Waals surface area contributed by atoms with Crippen molar-refractivity contribution >= 4 is 23.2 Å². The van der Waals surface area contributed by atoms with Crippen molar-refractivity contribution in [3.05, 3.63) is 34.6 Å². The Kier molecular flexibility index (Phi) is 4.72. The molecule has 1 saturated heterocycles. The van der Waals surface area contributed by atoms with Gasteiger partial charge in [0, 0.05) is 25.5 Å². The van der Waals surface area contributed by atoms with Gasteiger partial charge in [-0.3, -0.25) is 4.90 Å². The Morgan fingerprint density at radius 1 is 1.47 bits per heavy atom. The fourth-order valence-electron chi connectivity index (χ4n) is 2.53. The number of hydrogen-bond acceptors (Lipinski definition) is 2. The number of alkyl halides is 1. The Balaban J connectivity index is 2.11. The topological polar surface area (TPSA) is 12.5 Å². The summed E-state index contributed by atoms with van der Waals surface area (Å²) >= 11 is 11.9. The maximum atomic E-state index is 13.4. The van der Waals surface area contributed by atoms with Crippen molar-refractivity contribution in [2.75, 3.05) is 19.0 Å². The van der Waals surface area contributed by atoms with Gasteiger partial charge in [0.05, 0.1) is 16.7 Å². The van der Waals surface area contributed by atoms with E-state index in [1.54, 1.807) is 6.07 Å². The molecule has 1 heterocycles. The van der Waals surface area contributed by atoms with Crippen LogP contribution in [0, 0.1) is 5.82 Å². The molecule has 0 bridgehead atoms. The summed E-state index contributed by atoms with van der Waals surface area (Å²) in [4.78, 5) is 2.21. The van der Waals surface area contributed by atoms with Gasteiger partial charge in [0.2, 0.25) is 0 Å². The number of rotatable bonds is 3. The Bertz CT molecular complexity index is 453. The lowest BCUT2D eigenvalue weighted by molar-refractivity contribution is -0.129. The molecule has 2 rings (SSSR count). The van der Waals surface area contributed by atoms with Crippen LogP contribution in [-0.4, -0.2) is 35.6 Å². The SMILES string of the molecule is CC1(C)CN(Cc2cccc(F)c2Cl)CC(CCl)O1. The van der Waals surface area contributed by atoms with Crippen molar-refractivity contribution in [2.24, 2.45) is 0 Å². The summed E-state index contributed by atoms with van der Waals surface area (Å²) < 4.78 is 19.3. The van der Waals surface area contributed by atoms with Gasteiger partial charge in [0.25, 0.3) is 0 Å². The molecule has 0 radical (unpaired) electrons. The van der Waals surface area contributed by atoms with Crippen molar-refractivity contribution < 1.29 is 9.13 Å². The van der Waals surface area contributed by atoms with Gasteiger partial charge in [-0.1, -0.05) is 23.7 Å². The van der Waals surface area contributed by atoms with Crippen LogP contribution in [0.1, 0.15) is 19.4 Å². The summed E-state index contributed by atoms with van der Waals surface area (Å²) in [5.74, 6) is 0.0807. The van der Waals surface area contributed by atoms with Crippen LogP contribution in [0.2, 0.25) is 5.02 Å². The zero-order valence-corrected chi connectivity index (χ0v) is 12.6. The van der Waals surface area contributed by atoms with E-state index in [9.17, 15) is 4.39 Å². The van der Waals surface area contributed by atoms with Crippen molar-refractivity contribution in [3.63, 3.8) is 0 Å². The van der Waals surface area contributed by atoms with E-state index < -0.39 is 0 Å². The summed E-state index contributed by atoms with van der Waals surface area (Å²) in [5, 5.41) is 0.203.